The maximum atomic E-state index is 11.5. The van der Waals surface area contributed by atoms with Gasteiger partial charge in [0.15, 0.2) is 5.65 Å². The SMILES string of the molecule is CC[C@@H]1CCCC[C@@H]1N(C)c1ncnc2c1cnn2CC(=O)OC. The number of anilines is 1. The zero-order valence-electron chi connectivity index (χ0n) is 14.6. The molecule has 0 saturated heterocycles. The van der Waals surface area contributed by atoms with Crippen LogP contribution < -0.4 is 4.90 Å². The number of hydrogen-bond donors (Lipinski definition) is 0. The van der Waals surface area contributed by atoms with Gasteiger partial charge in [-0.1, -0.05) is 26.2 Å². The molecular formula is C17H25N5O2. The Morgan fingerprint density at radius 2 is 2.17 bits per heavy atom. The molecule has 0 bridgehead atoms. The fourth-order valence-electron chi connectivity index (χ4n) is 3.80. The number of nitrogens with zero attached hydrogens (tertiary/aromatic N) is 5. The lowest BCUT2D eigenvalue weighted by Crippen LogP contribution is -2.40. The molecule has 0 aromatic carbocycles. The topological polar surface area (TPSA) is 73.1 Å². The van der Waals surface area contributed by atoms with E-state index < -0.39 is 0 Å². The molecule has 0 amide bonds. The highest BCUT2D eigenvalue weighted by Crippen LogP contribution is 2.33. The van der Waals surface area contributed by atoms with Gasteiger partial charge in [-0.2, -0.15) is 5.10 Å². The summed E-state index contributed by atoms with van der Waals surface area (Å²) in [6, 6.07) is 0.491. The number of methoxy groups -OCH3 is 1. The van der Waals surface area contributed by atoms with Crippen LogP contribution in [0.25, 0.3) is 11.0 Å². The van der Waals surface area contributed by atoms with E-state index in [2.05, 4.69) is 33.9 Å². The van der Waals surface area contributed by atoms with E-state index in [-0.39, 0.29) is 12.5 Å². The molecule has 1 aliphatic rings. The molecule has 24 heavy (non-hydrogen) atoms. The first-order valence-electron chi connectivity index (χ1n) is 8.61. The van der Waals surface area contributed by atoms with Gasteiger partial charge in [0, 0.05) is 13.1 Å². The summed E-state index contributed by atoms with van der Waals surface area (Å²) in [5.41, 5.74) is 0.668. The van der Waals surface area contributed by atoms with Crippen LogP contribution >= 0.6 is 0 Å². The molecule has 3 rings (SSSR count). The Labute approximate surface area is 142 Å². The smallest absolute Gasteiger partial charge is 0.327 e. The summed E-state index contributed by atoms with van der Waals surface area (Å²) in [7, 11) is 3.48. The maximum Gasteiger partial charge on any atom is 0.327 e. The van der Waals surface area contributed by atoms with Crippen LogP contribution in [0.4, 0.5) is 5.82 Å². The molecule has 7 heteroatoms. The Morgan fingerprint density at radius 1 is 1.38 bits per heavy atom. The molecule has 0 N–H and O–H groups in total. The Hall–Kier alpha value is -2.18. The molecule has 1 saturated carbocycles. The predicted octanol–water partition coefficient (Wildman–Crippen LogP) is 2.40. The maximum absolute atomic E-state index is 11.5. The fourth-order valence-corrected chi connectivity index (χ4v) is 3.80. The first-order valence-corrected chi connectivity index (χ1v) is 8.61. The van der Waals surface area contributed by atoms with Crippen LogP contribution in [0.1, 0.15) is 39.0 Å². The number of fused-ring (bicyclic) bond motifs is 1. The molecule has 7 nitrogen and oxygen atoms in total. The van der Waals surface area contributed by atoms with Crippen LogP contribution in [0.5, 0.6) is 0 Å². The standard InChI is InChI=1S/C17H25N5O2/c1-4-12-7-5-6-8-14(12)21(2)16-13-9-20-22(10-15(23)24-3)17(13)19-11-18-16/h9,11-12,14H,4-8,10H2,1-3H3/t12-,14+/m1/s1. The molecule has 2 aromatic rings. The molecule has 2 heterocycles. The van der Waals surface area contributed by atoms with Crippen molar-refractivity contribution in [1.29, 1.82) is 0 Å². The van der Waals surface area contributed by atoms with Crippen LogP contribution in [0.2, 0.25) is 0 Å². The van der Waals surface area contributed by atoms with E-state index in [1.165, 1.54) is 39.2 Å². The van der Waals surface area contributed by atoms with Crippen molar-refractivity contribution in [3.05, 3.63) is 12.5 Å². The second-order valence-corrected chi connectivity index (χ2v) is 6.44. The average molecular weight is 331 g/mol. The summed E-state index contributed by atoms with van der Waals surface area (Å²) < 4.78 is 6.29. The Morgan fingerprint density at radius 3 is 2.92 bits per heavy atom. The number of carbonyl (C=O) groups is 1. The highest BCUT2D eigenvalue weighted by molar-refractivity contribution is 5.87. The molecule has 0 radical (unpaired) electrons. The molecular weight excluding hydrogens is 306 g/mol. The van der Waals surface area contributed by atoms with E-state index in [9.17, 15) is 4.79 Å². The van der Waals surface area contributed by atoms with Crippen LogP contribution in [0, 0.1) is 5.92 Å². The van der Waals surface area contributed by atoms with Crippen LogP contribution in [-0.4, -0.2) is 45.9 Å². The van der Waals surface area contributed by atoms with Gasteiger partial charge in [0.1, 0.15) is 18.7 Å². The van der Waals surface area contributed by atoms with Gasteiger partial charge in [-0.25, -0.2) is 14.6 Å². The molecule has 2 atom stereocenters. The van der Waals surface area contributed by atoms with Gasteiger partial charge >= 0.3 is 5.97 Å². The molecule has 130 valence electrons. The Kier molecular flexibility index (Phi) is 4.97. The normalized spacial score (nSPS) is 21.0. The van der Waals surface area contributed by atoms with Gasteiger partial charge in [0.25, 0.3) is 0 Å². The number of rotatable bonds is 5. The zero-order chi connectivity index (χ0) is 17.1. The van der Waals surface area contributed by atoms with E-state index in [1.54, 1.807) is 17.2 Å². The highest BCUT2D eigenvalue weighted by atomic mass is 16.5. The number of esters is 1. The van der Waals surface area contributed by atoms with E-state index in [0.29, 0.717) is 17.6 Å². The van der Waals surface area contributed by atoms with Crippen molar-refractivity contribution >= 4 is 22.8 Å². The van der Waals surface area contributed by atoms with Crippen molar-refractivity contribution in [3.8, 4) is 0 Å². The molecule has 0 spiro atoms. The molecule has 1 fully saturated rings. The van der Waals surface area contributed by atoms with Crippen molar-refractivity contribution in [2.24, 2.45) is 5.92 Å². The fraction of sp³-hybridized carbons (Fsp3) is 0.647. The van der Waals surface area contributed by atoms with Crippen molar-refractivity contribution < 1.29 is 9.53 Å². The van der Waals surface area contributed by atoms with Gasteiger partial charge < -0.3 is 9.64 Å². The average Bonchev–Trinajstić information content (AvgIpc) is 3.03. The van der Waals surface area contributed by atoms with Crippen LogP contribution in [-0.2, 0) is 16.1 Å². The second-order valence-electron chi connectivity index (χ2n) is 6.44. The van der Waals surface area contributed by atoms with Crippen LogP contribution in [0.15, 0.2) is 12.5 Å². The largest absolute Gasteiger partial charge is 0.468 e. The van der Waals surface area contributed by atoms with Gasteiger partial charge in [0.05, 0.1) is 18.7 Å². The second kappa shape index (κ2) is 7.15. The molecule has 0 unspecified atom stereocenters. The summed E-state index contributed by atoms with van der Waals surface area (Å²) in [6.07, 6.45) is 9.53. The molecule has 0 aliphatic heterocycles. The summed E-state index contributed by atoms with van der Waals surface area (Å²) in [5, 5.41) is 5.18. The van der Waals surface area contributed by atoms with Crippen LogP contribution in [0.3, 0.4) is 0 Å². The molecule has 1 aliphatic carbocycles. The van der Waals surface area contributed by atoms with Gasteiger partial charge in [-0.15, -0.1) is 0 Å². The first kappa shape index (κ1) is 16.7. The minimum absolute atomic E-state index is 0.0567. The zero-order valence-corrected chi connectivity index (χ0v) is 14.6. The lowest BCUT2D eigenvalue weighted by Gasteiger charge is -2.38. The number of aromatic nitrogens is 4. The van der Waals surface area contributed by atoms with Crippen molar-refractivity contribution in [1.82, 2.24) is 19.7 Å². The van der Waals surface area contributed by atoms with E-state index >= 15 is 0 Å². The predicted molar refractivity (Wildman–Crippen MR) is 91.8 cm³/mol. The van der Waals surface area contributed by atoms with Crippen molar-refractivity contribution in [2.75, 3.05) is 19.1 Å². The van der Waals surface area contributed by atoms with E-state index in [0.717, 1.165) is 11.2 Å². The minimum Gasteiger partial charge on any atom is -0.468 e. The van der Waals surface area contributed by atoms with Crippen molar-refractivity contribution in [2.45, 2.75) is 51.6 Å². The lowest BCUT2D eigenvalue weighted by molar-refractivity contribution is -0.141. The van der Waals surface area contributed by atoms with Crippen molar-refractivity contribution in [3.63, 3.8) is 0 Å². The summed E-state index contributed by atoms with van der Waals surface area (Å²) in [4.78, 5) is 22.6. The molecule has 2 aromatic heterocycles. The Balaban J connectivity index is 1.93. The summed E-state index contributed by atoms with van der Waals surface area (Å²) >= 11 is 0. The minimum atomic E-state index is -0.341. The number of hydrogen-bond acceptors (Lipinski definition) is 6. The third-order valence-corrected chi connectivity index (χ3v) is 5.14. The lowest BCUT2D eigenvalue weighted by atomic mass is 9.82. The summed E-state index contributed by atoms with van der Waals surface area (Å²) in [6.45, 7) is 2.32. The highest BCUT2D eigenvalue weighted by Gasteiger charge is 2.29. The van der Waals surface area contributed by atoms with E-state index in [1.807, 2.05) is 0 Å². The number of ether oxygens (including phenoxy) is 1. The van der Waals surface area contributed by atoms with E-state index in [4.69, 9.17) is 4.74 Å². The van der Waals surface area contributed by atoms with Gasteiger partial charge in [0.2, 0.25) is 0 Å². The first-order chi connectivity index (χ1) is 11.7. The summed E-state index contributed by atoms with van der Waals surface area (Å²) in [5.74, 6) is 1.24. The quantitative estimate of drug-likeness (QED) is 0.783. The number of carbonyl (C=O) groups excluding carboxylic acids is 1. The van der Waals surface area contributed by atoms with Gasteiger partial charge in [-0.3, -0.25) is 4.79 Å². The third-order valence-electron chi connectivity index (χ3n) is 5.14. The van der Waals surface area contributed by atoms with Gasteiger partial charge in [-0.05, 0) is 18.8 Å². The third kappa shape index (κ3) is 3.07. The Bertz CT molecular complexity index is 714. The monoisotopic (exact) mass is 331 g/mol.